The van der Waals surface area contributed by atoms with Crippen molar-refractivity contribution in [3.8, 4) is 5.75 Å². The lowest BCUT2D eigenvalue weighted by Crippen LogP contribution is -2.02. The Labute approximate surface area is 127 Å². The Bertz CT molecular complexity index is 782. The van der Waals surface area contributed by atoms with Gasteiger partial charge >= 0.3 is 0 Å². The van der Waals surface area contributed by atoms with Crippen LogP contribution in [0.4, 0.5) is 5.82 Å². The number of nitrogens with zero attached hydrogens (tertiary/aromatic N) is 2. The molecule has 0 aliphatic rings. The average Bonchev–Trinajstić information content (AvgIpc) is 2.81. The molecule has 0 amide bonds. The van der Waals surface area contributed by atoms with Gasteiger partial charge in [-0.05, 0) is 37.1 Å². The highest BCUT2D eigenvalue weighted by molar-refractivity contribution is 7.18. The van der Waals surface area contributed by atoms with Gasteiger partial charge in [0.2, 0.25) is 0 Å². The van der Waals surface area contributed by atoms with Crippen molar-refractivity contribution in [3.63, 3.8) is 0 Å². The zero-order chi connectivity index (χ0) is 14.8. The second kappa shape index (κ2) is 5.69. The monoisotopic (exact) mass is 299 g/mol. The van der Waals surface area contributed by atoms with Crippen LogP contribution in [0.15, 0.2) is 30.6 Å². The zero-order valence-electron chi connectivity index (χ0n) is 12.3. The normalized spacial score (nSPS) is 10.8. The lowest BCUT2D eigenvalue weighted by molar-refractivity contribution is 0.414. The quantitative estimate of drug-likeness (QED) is 0.793. The van der Waals surface area contributed by atoms with Gasteiger partial charge in [0.05, 0.1) is 12.5 Å². The average molecular weight is 299 g/mol. The van der Waals surface area contributed by atoms with E-state index in [4.69, 9.17) is 4.74 Å². The van der Waals surface area contributed by atoms with E-state index in [9.17, 15) is 0 Å². The molecule has 0 saturated heterocycles. The minimum absolute atomic E-state index is 0.706. The number of aromatic nitrogens is 2. The molecule has 5 heteroatoms. The van der Waals surface area contributed by atoms with Crippen LogP contribution >= 0.6 is 11.3 Å². The molecule has 2 aromatic heterocycles. The van der Waals surface area contributed by atoms with E-state index in [2.05, 4.69) is 35.2 Å². The van der Waals surface area contributed by atoms with E-state index in [1.54, 1.807) is 24.8 Å². The standard InChI is InChI=1S/C16H17N3OS/c1-10-11(2)21-16-14(10)15(18-9-19-16)17-8-12-5-4-6-13(7-12)20-3/h4-7,9H,8H2,1-3H3,(H,17,18,19). The van der Waals surface area contributed by atoms with Gasteiger partial charge in [-0.3, -0.25) is 0 Å². The van der Waals surface area contributed by atoms with Crippen molar-refractivity contribution in [3.05, 3.63) is 46.6 Å². The Morgan fingerprint density at radius 3 is 2.90 bits per heavy atom. The summed E-state index contributed by atoms with van der Waals surface area (Å²) in [5.41, 5.74) is 2.41. The summed E-state index contributed by atoms with van der Waals surface area (Å²) in [6.45, 7) is 4.94. The van der Waals surface area contributed by atoms with Crippen LogP contribution < -0.4 is 10.1 Å². The van der Waals surface area contributed by atoms with E-state index in [-0.39, 0.29) is 0 Å². The molecule has 0 atom stereocenters. The Hall–Kier alpha value is -2.14. The first kappa shape index (κ1) is 13.8. The summed E-state index contributed by atoms with van der Waals surface area (Å²) in [4.78, 5) is 11.1. The van der Waals surface area contributed by atoms with Gasteiger partial charge in [-0.25, -0.2) is 9.97 Å². The molecule has 0 spiro atoms. The summed E-state index contributed by atoms with van der Waals surface area (Å²) in [6, 6.07) is 8.03. The van der Waals surface area contributed by atoms with Crippen LogP contribution in [0.2, 0.25) is 0 Å². The maximum absolute atomic E-state index is 5.25. The van der Waals surface area contributed by atoms with E-state index in [1.165, 1.54) is 10.4 Å². The first-order valence-electron chi connectivity index (χ1n) is 6.76. The molecule has 1 aromatic carbocycles. The second-order valence-electron chi connectivity index (χ2n) is 4.89. The molecular weight excluding hydrogens is 282 g/mol. The number of fused-ring (bicyclic) bond motifs is 1. The second-order valence-corrected chi connectivity index (χ2v) is 6.09. The minimum Gasteiger partial charge on any atom is -0.497 e. The molecule has 0 aliphatic carbocycles. The van der Waals surface area contributed by atoms with E-state index < -0.39 is 0 Å². The van der Waals surface area contributed by atoms with Crippen LogP contribution in [0.1, 0.15) is 16.0 Å². The van der Waals surface area contributed by atoms with Crippen LogP contribution in [0, 0.1) is 13.8 Å². The molecule has 2 heterocycles. The fourth-order valence-electron chi connectivity index (χ4n) is 2.28. The molecule has 0 bridgehead atoms. The first-order chi connectivity index (χ1) is 10.2. The van der Waals surface area contributed by atoms with Gasteiger partial charge in [0.15, 0.2) is 0 Å². The maximum Gasteiger partial charge on any atom is 0.138 e. The third-order valence-electron chi connectivity index (χ3n) is 3.56. The summed E-state index contributed by atoms with van der Waals surface area (Å²) < 4.78 is 5.25. The van der Waals surface area contributed by atoms with Gasteiger partial charge in [0.25, 0.3) is 0 Å². The number of rotatable bonds is 4. The minimum atomic E-state index is 0.706. The van der Waals surface area contributed by atoms with Crippen molar-refractivity contribution in [1.29, 1.82) is 0 Å². The lowest BCUT2D eigenvalue weighted by Gasteiger charge is -2.08. The molecule has 0 fully saturated rings. The molecular formula is C16H17N3OS. The highest BCUT2D eigenvalue weighted by Crippen LogP contribution is 2.32. The predicted molar refractivity (Wildman–Crippen MR) is 87.2 cm³/mol. The first-order valence-corrected chi connectivity index (χ1v) is 7.58. The molecule has 0 saturated carbocycles. The van der Waals surface area contributed by atoms with Crippen LogP contribution in [0.25, 0.3) is 10.2 Å². The van der Waals surface area contributed by atoms with Crippen molar-refractivity contribution < 1.29 is 4.74 Å². The summed E-state index contributed by atoms with van der Waals surface area (Å²) in [5, 5.41) is 4.54. The van der Waals surface area contributed by atoms with E-state index in [1.807, 2.05) is 18.2 Å². The summed E-state index contributed by atoms with van der Waals surface area (Å²) >= 11 is 1.71. The van der Waals surface area contributed by atoms with Gasteiger partial charge < -0.3 is 10.1 Å². The summed E-state index contributed by atoms with van der Waals surface area (Å²) in [5.74, 6) is 1.76. The Kier molecular flexibility index (Phi) is 3.75. The SMILES string of the molecule is COc1cccc(CNc2ncnc3sc(C)c(C)c23)c1. The molecule has 1 N–H and O–H groups in total. The van der Waals surface area contributed by atoms with Gasteiger partial charge in [0, 0.05) is 11.4 Å². The maximum atomic E-state index is 5.25. The van der Waals surface area contributed by atoms with Crippen LogP contribution in [-0.4, -0.2) is 17.1 Å². The number of aryl methyl sites for hydroxylation is 2. The third-order valence-corrected chi connectivity index (χ3v) is 4.67. The van der Waals surface area contributed by atoms with E-state index in [0.29, 0.717) is 6.54 Å². The number of benzene rings is 1. The molecule has 3 aromatic rings. The van der Waals surface area contributed by atoms with Crippen molar-refractivity contribution in [2.75, 3.05) is 12.4 Å². The highest BCUT2D eigenvalue weighted by atomic mass is 32.1. The number of ether oxygens (including phenoxy) is 1. The number of nitrogens with one attached hydrogen (secondary N) is 1. The lowest BCUT2D eigenvalue weighted by atomic mass is 10.2. The number of thiophene rings is 1. The number of hydrogen-bond acceptors (Lipinski definition) is 5. The fourth-order valence-corrected chi connectivity index (χ4v) is 3.28. The topological polar surface area (TPSA) is 47.0 Å². The summed E-state index contributed by atoms with van der Waals surface area (Å²) in [6.07, 6.45) is 1.62. The van der Waals surface area contributed by atoms with Crippen LogP contribution in [0.3, 0.4) is 0 Å². The van der Waals surface area contributed by atoms with Crippen LogP contribution in [0.5, 0.6) is 5.75 Å². The summed E-state index contributed by atoms with van der Waals surface area (Å²) in [7, 11) is 1.68. The molecule has 4 nitrogen and oxygen atoms in total. The van der Waals surface area contributed by atoms with Crippen LogP contribution in [-0.2, 0) is 6.54 Å². The number of methoxy groups -OCH3 is 1. The largest absolute Gasteiger partial charge is 0.497 e. The third kappa shape index (κ3) is 2.69. The van der Waals surface area contributed by atoms with Crippen molar-refractivity contribution in [2.45, 2.75) is 20.4 Å². The van der Waals surface area contributed by atoms with E-state index in [0.717, 1.165) is 27.3 Å². The molecule has 3 rings (SSSR count). The van der Waals surface area contributed by atoms with E-state index >= 15 is 0 Å². The Balaban J connectivity index is 1.88. The smallest absolute Gasteiger partial charge is 0.138 e. The van der Waals surface area contributed by atoms with Crippen molar-refractivity contribution in [2.24, 2.45) is 0 Å². The molecule has 21 heavy (non-hydrogen) atoms. The zero-order valence-corrected chi connectivity index (χ0v) is 13.1. The van der Waals surface area contributed by atoms with Gasteiger partial charge in [-0.2, -0.15) is 0 Å². The highest BCUT2D eigenvalue weighted by Gasteiger charge is 2.11. The van der Waals surface area contributed by atoms with Crippen molar-refractivity contribution >= 4 is 27.4 Å². The van der Waals surface area contributed by atoms with Crippen molar-refractivity contribution in [1.82, 2.24) is 9.97 Å². The van der Waals surface area contributed by atoms with Gasteiger partial charge in [-0.1, -0.05) is 12.1 Å². The Morgan fingerprint density at radius 2 is 2.10 bits per heavy atom. The molecule has 0 aliphatic heterocycles. The predicted octanol–water partition coefficient (Wildman–Crippen LogP) is 3.93. The fraction of sp³-hybridized carbons (Fsp3) is 0.250. The molecule has 0 radical (unpaired) electrons. The number of hydrogen-bond donors (Lipinski definition) is 1. The van der Waals surface area contributed by atoms with Gasteiger partial charge in [0.1, 0.15) is 22.7 Å². The molecule has 0 unspecified atom stereocenters. The molecule has 108 valence electrons. The number of anilines is 1. The van der Waals surface area contributed by atoms with Gasteiger partial charge in [-0.15, -0.1) is 11.3 Å². The Morgan fingerprint density at radius 1 is 1.24 bits per heavy atom.